The van der Waals surface area contributed by atoms with Crippen molar-refractivity contribution in [2.75, 3.05) is 44.2 Å². The molecule has 1 atom stereocenters. The first kappa shape index (κ1) is 24.4. The normalized spacial score (nSPS) is 20.9. The number of aromatic nitrogens is 1. The molecule has 1 aromatic heterocycles. The second-order valence-electron chi connectivity index (χ2n) is 10.2. The molecule has 36 heavy (non-hydrogen) atoms. The lowest BCUT2D eigenvalue weighted by molar-refractivity contribution is -0.128. The van der Waals surface area contributed by atoms with E-state index in [0.717, 1.165) is 6.42 Å². The zero-order valence-electron chi connectivity index (χ0n) is 20.3. The highest BCUT2D eigenvalue weighted by atomic mass is 35.5. The summed E-state index contributed by atoms with van der Waals surface area (Å²) in [6.45, 7) is 10.2. The number of carbonyl (C=O) groups is 2. The van der Waals surface area contributed by atoms with Crippen LogP contribution in [0.5, 0.6) is 11.5 Å². The topological polar surface area (TPSA) is 86.2 Å². The quantitative estimate of drug-likeness (QED) is 0.628. The summed E-state index contributed by atoms with van der Waals surface area (Å²) in [5.41, 5.74) is 0.0819. The lowest BCUT2D eigenvalue weighted by Crippen LogP contribution is -2.57. The van der Waals surface area contributed by atoms with Gasteiger partial charge in [0.2, 0.25) is 5.91 Å². The molecule has 2 fully saturated rings. The van der Waals surface area contributed by atoms with Crippen molar-refractivity contribution in [1.82, 2.24) is 14.8 Å². The van der Waals surface area contributed by atoms with Crippen molar-refractivity contribution in [3.8, 4) is 22.8 Å². The number of fused-ring (bicyclic) bond motifs is 2. The second kappa shape index (κ2) is 8.96. The molecule has 190 valence electrons. The first-order valence-electron chi connectivity index (χ1n) is 11.9. The number of phenols is 1. The molecule has 0 unspecified atom stereocenters. The Labute approximate surface area is 213 Å². The molecule has 2 amide bonds. The fourth-order valence-electron chi connectivity index (χ4n) is 5.21. The molecule has 1 aromatic carbocycles. The summed E-state index contributed by atoms with van der Waals surface area (Å²) in [7, 11) is 0. The molecule has 10 heteroatoms. The van der Waals surface area contributed by atoms with E-state index in [0.29, 0.717) is 38.5 Å². The van der Waals surface area contributed by atoms with Crippen LogP contribution in [0.25, 0.3) is 11.3 Å². The monoisotopic (exact) mass is 514 g/mol. The number of halogens is 2. The van der Waals surface area contributed by atoms with Gasteiger partial charge in [0.05, 0.1) is 11.6 Å². The van der Waals surface area contributed by atoms with Gasteiger partial charge in [-0.05, 0) is 30.0 Å². The van der Waals surface area contributed by atoms with Crippen molar-refractivity contribution in [3.63, 3.8) is 0 Å². The second-order valence-corrected chi connectivity index (χ2v) is 10.6. The Bertz CT molecular complexity index is 1250. The molecule has 5 rings (SSSR count). The van der Waals surface area contributed by atoms with Gasteiger partial charge < -0.3 is 24.5 Å². The third kappa shape index (κ3) is 4.05. The lowest BCUT2D eigenvalue weighted by Gasteiger charge is -2.39. The van der Waals surface area contributed by atoms with Crippen molar-refractivity contribution in [3.05, 3.63) is 47.3 Å². The van der Waals surface area contributed by atoms with Crippen LogP contribution in [0.4, 0.5) is 10.2 Å². The van der Waals surface area contributed by atoms with Crippen molar-refractivity contribution < 1.29 is 23.8 Å². The van der Waals surface area contributed by atoms with Crippen LogP contribution in [0.3, 0.4) is 0 Å². The summed E-state index contributed by atoms with van der Waals surface area (Å²) in [5, 5.41) is 10.4. The molecular formula is C26H28ClFN4O4. The smallest absolute Gasteiger partial charge is 0.261 e. The van der Waals surface area contributed by atoms with E-state index in [-0.39, 0.29) is 57.2 Å². The van der Waals surface area contributed by atoms with Crippen LogP contribution in [-0.4, -0.2) is 77.1 Å². The SMILES string of the molecule is C=CC(=O)N1CCN2C(=O)c3c(N4CCC(C)(C)C4)nc(-c4c(O)cccc4F)c(Cl)c3OC[C@H]2C1. The zero-order chi connectivity index (χ0) is 25.8. The maximum atomic E-state index is 14.9. The first-order valence-corrected chi connectivity index (χ1v) is 12.3. The highest BCUT2D eigenvalue weighted by molar-refractivity contribution is 6.35. The lowest BCUT2D eigenvalue weighted by atomic mass is 9.93. The standard InChI is InChI=1S/C26H28ClFN4O4/c1-4-18(34)30-10-11-32-15(12-30)13-36-23-20(25(32)35)24(31-9-8-26(2,3)14-31)29-22(21(23)27)19-16(28)6-5-7-17(19)33/h4-7,15,33H,1,8-14H2,2-3H3/t15-/m1/s1. The van der Waals surface area contributed by atoms with Crippen LogP contribution >= 0.6 is 11.6 Å². The Morgan fingerprint density at radius 3 is 2.75 bits per heavy atom. The number of nitrogens with zero attached hydrogens (tertiary/aromatic N) is 4. The summed E-state index contributed by atoms with van der Waals surface area (Å²) in [5.74, 6) is -1.03. The minimum absolute atomic E-state index is 0.0116. The van der Waals surface area contributed by atoms with Crippen LogP contribution in [0, 0.1) is 11.2 Å². The maximum Gasteiger partial charge on any atom is 0.261 e. The predicted octanol–water partition coefficient (Wildman–Crippen LogP) is 3.71. The van der Waals surface area contributed by atoms with Crippen LogP contribution < -0.4 is 9.64 Å². The van der Waals surface area contributed by atoms with Gasteiger partial charge in [0.15, 0.2) is 5.75 Å². The Kier molecular flexibility index (Phi) is 6.06. The Hall–Kier alpha value is -3.33. The number of hydrogen-bond donors (Lipinski definition) is 1. The van der Waals surface area contributed by atoms with Gasteiger partial charge in [-0.15, -0.1) is 0 Å². The van der Waals surface area contributed by atoms with E-state index in [4.69, 9.17) is 21.3 Å². The van der Waals surface area contributed by atoms with E-state index < -0.39 is 11.9 Å². The molecule has 0 spiro atoms. The number of benzene rings is 1. The number of hydrogen-bond acceptors (Lipinski definition) is 6. The van der Waals surface area contributed by atoms with Gasteiger partial charge in [-0.1, -0.05) is 38.1 Å². The van der Waals surface area contributed by atoms with Crippen molar-refractivity contribution in [2.24, 2.45) is 5.41 Å². The zero-order valence-corrected chi connectivity index (χ0v) is 21.0. The van der Waals surface area contributed by atoms with E-state index in [1.165, 1.54) is 24.3 Å². The largest absolute Gasteiger partial charge is 0.507 e. The van der Waals surface area contributed by atoms with Crippen molar-refractivity contribution in [2.45, 2.75) is 26.3 Å². The van der Waals surface area contributed by atoms with E-state index in [1.807, 2.05) is 4.90 Å². The summed E-state index contributed by atoms with van der Waals surface area (Å²) in [4.78, 5) is 36.2. The number of piperazine rings is 1. The molecule has 0 aliphatic carbocycles. The minimum atomic E-state index is -0.687. The Morgan fingerprint density at radius 1 is 1.31 bits per heavy atom. The highest BCUT2D eigenvalue weighted by Crippen LogP contribution is 2.47. The van der Waals surface area contributed by atoms with Gasteiger partial charge in [0.25, 0.3) is 5.91 Å². The maximum absolute atomic E-state index is 14.9. The third-order valence-electron chi connectivity index (χ3n) is 7.14. The molecule has 2 saturated heterocycles. The minimum Gasteiger partial charge on any atom is -0.507 e. The van der Waals surface area contributed by atoms with Crippen LogP contribution in [0.2, 0.25) is 5.02 Å². The molecule has 1 N–H and O–H groups in total. The number of rotatable bonds is 3. The molecule has 0 radical (unpaired) electrons. The highest BCUT2D eigenvalue weighted by Gasteiger charge is 2.42. The molecule has 4 heterocycles. The number of carbonyl (C=O) groups excluding carboxylic acids is 2. The number of ether oxygens (including phenoxy) is 1. The fourth-order valence-corrected chi connectivity index (χ4v) is 5.50. The third-order valence-corrected chi connectivity index (χ3v) is 7.50. The van der Waals surface area contributed by atoms with E-state index in [1.54, 1.807) is 9.80 Å². The van der Waals surface area contributed by atoms with E-state index >= 15 is 0 Å². The van der Waals surface area contributed by atoms with Gasteiger partial charge in [-0.2, -0.15) is 0 Å². The van der Waals surface area contributed by atoms with Gasteiger partial charge >= 0.3 is 0 Å². The predicted molar refractivity (Wildman–Crippen MR) is 134 cm³/mol. The molecule has 0 bridgehead atoms. The molecule has 8 nitrogen and oxygen atoms in total. The summed E-state index contributed by atoms with van der Waals surface area (Å²) >= 11 is 6.74. The first-order chi connectivity index (χ1) is 17.1. The van der Waals surface area contributed by atoms with Crippen LogP contribution in [0.1, 0.15) is 30.6 Å². The van der Waals surface area contributed by atoms with Gasteiger partial charge in [-0.25, -0.2) is 9.37 Å². The number of aromatic hydroxyl groups is 1. The summed E-state index contributed by atoms with van der Waals surface area (Å²) in [6.07, 6.45) is 2.14. The average Bonchev–Trinajstić information content (AvgIpc) is 3.14. The van der Waals surface area contributed by atoms with E-state index in [9.17, 15) is 19.1 Å². The summed E-state index contributed by atoms with van der Waals surface area (Å²) in [6, 6.07) is 3.57. The Balaban J connectivity index is 1.66. The van der Waals surface area contributed by atoms with Crippen molar-refractivity contribution in [1.29, 1.82) is 0 Å². The number of amides is 2. The summed E-state index contributed by atoms with van der Waals surface area (Å²) < 4.78 is 21.0. The number of pyridine rings is 1. The fraction of sp³-hybridized carbons (Fsp3) is 0.423. The van der Waals surface area contributed by atoms with Gasteiger partial charge in [0.1, 0.15) is 40.3 Å². The van der Waals surface area contributed by atoms with Crippen LogP contribution in [-0.2, 0) is 4.79 Å². The van der Waals surface area contributed by atoms with Crippen LogP contribution in [0.15, 0.2) is 30.9 Å². The molecule has 2 aromatic rings. The Morgan fingerprint density at radius 2 is 2.08 bits per heavy atom. The molecule has 3 aliphatic rings. The van der Waals surface area contributed by atoms with Gasteiger partial charge in [0, 0.05) is 32.7 Å². The number of anilines is 1. The molecule has 3 aliphatic heterocycles. The number of phenolic OH excluding ortho intramolecular Hbond substituents is 1. The molecule has 0 saturated carbocycles. The average molecular weight is 515 g/mol. The van der Waals surface area contributed by atoms with Crippen molar-refractivity contribution >= 4 is 29.2 Å². The van der Waals surface area contributed by atoms with E-state index in [2.05, 4.69) is 20.4 Å². The van der Waals surface area contributed by atoms with Gasteiger partial charge in [-0.3, -0.25) is 9.59 Å². The molecular weight excluding hydrogens is 487 g/mol.